The molecule has 0 aliphatic carbocycles. The number of anilines is 1. The lowest BCUT2D eigenvalue weighted by Gasteiger charge is -2.12. The van der Waals surface area contributed by atoms with Gasteiger partial charge in [-0.3, -0.25) is 4.79 Å². The number of benzene rings is 2. The summed E-state index contributed by atoms with van der Waals surface area (Å²) in [6.07, 6.45) is 4.01. The second-order valence-corrected chi connectivity index (χ2v) is 7.79. The Kier molecular flexibility index (Phi) is 5.81. The minimum absolute atomic E-state index is 0.111. The first-order valence-corrected chi connectivity index (χ1v) is 10.6. The third-order valence-electron chi connectivity index (χ3n) is 4.57. The molecule has 7 heteroatoms. The number of halogens is 1. The number of rotatable bonds is 6. The first-order chi connectivity index (χ1) is 14.5. The molecule has 1 aliphatic rings. The minimum Gasteiger partial charge on any atom is -0.492 e. The Hall–Kier alpha value is -3.19. The van der Waals surface area contributed by atoms with Crippen LogP contribution in [0.15, 0.2) is 47.9 Å². The van der Waals surface area contributed by atoms with E-state index in [1.165, 1.54) is 29.5 Å². The normalized spacial score (nSPS) is 15.1. The van der Waals surface area contributed by atoms with Gasteiger partial charge in [-0.25, -0.2) is 9.37 Å². The van der Waals surface area contributed by atoms with E-state index in [0.717, 1.165) is 28.3 Å². The summed E-state index contributed by atoms with van der Waals surface area (Å²) in [6.45, 7) is 4.41. The molecule has 0 saturated heterocycles. The van der Waals surface area contributed by atoms with Crippen molar-refractivity contribution in [2.24, 2.45) is 0 Å². The molecule has 0 saturated carbocycles. The number of amides is 1. The Morgan fingerprint density at radius 2 is 2.17 bits per heavy atom. The van der Waals surface area contributed by atoms with E-state index in [4.69, 9.17) is 9.47 Å². The van der Waals surface area contributed by atoms with Crippen LogP contribution in [0.4, 0.5) is 10.1 Å². The molecule has 1 amide bonds. The third kappa shape index (κ3) is 4.52. The van der Waals surface area contributed by atoms with Crippen molar-refractivity contribution in [1.82, 2.24) is 4.98 Å². The van der Waals surface area contributed by atoms with E-state index in [2.05, 4.69) is 10.3 Å². The average Bonchev–Trinajstić information content (AvgIpc) is 3.33. The maximum absolute atomic E-state index is 13.1. The molecule has 0 fully saturated rings. The van der Waals surface area contributed by atoms with Crippen molar-refractivity contribution in [2.45, 2.75) is 26.4 Å². The van der Waals surface area contributed by atoms with Gasteiger partial charge in [0, 0.05) is 35.1 Å². The summed E-state index contributed by atoms with van der Waals surface area (Å²) in [6, 6.07) is 9.90. The summed E-state index contributed by atoms with van der Waals surface area (Å²) in [5.41, 5.74) is 3.14. The summed E-state index contributed by atoms with van der Waals surface area (Å²) < 4.78 is 24.6. The molecule has 1 unspecified atom stereocenters. The van der Waals surface area contributed by atoms with E-state index in [1.807, 2.05) is 31.4 Å². The molecule has 0 bridgehead atoms. The van der Waals surface area contributed by atoms with Crippen LogP contribution >= 0.6 is 11.3 Å². The Morgan fingerprint density at radius 1 is 1.37 bits per heavy atom. The van der Waals surface area contributed by atoms with Gasteiger partial charge in [0.1, 0.15) is 28.4 Å². The average molecular weight is 424 g/mol. The van der Waals surface area contributed by atoms with Gasteiger partial charge in [-0.15, -0.1) is 11.3 Å². The second-order valence-electron chi connectivity index (χ2n) is 6.93. The summed E-state index contributed by atoms with van der Waals surface area (Å²) in [5, 5.41) is 5.47. The molecule has 0 spiro atoms. The summed E-state index contributed by atoms with van der Waals surface area (Å²) in [5.74, 6) is 0.819. The van der Waals surface area contributed by atoms with Crippen LogP contribution in [0.5, 0.6) is 11.5 Å². The van der Waals surface area contributed by atoms with Gasteiger partial charge in [0.25, 0.3) is 0 Å². The number of ether oxygens (including phenoxy) is 2. The van der Waals surface area contributed by atoms with Crippen molar-refractivity contribution in [3.05, 3.63) is 64.9 Å². The van der Waals surface area contributed by atoms with E-state index in [0.29, 0.717) is 23.7 Å². The quantitative estimate of drug-likeness (QED) is 0.544. The highest BCUT2D eigenvalue weighted by molar-refractivity contribution is 7.13. The molecule has 3 aromatic rings. The van der Waals surface area contributed by atoms with Crippen molar-refractivity contribution in [1.29, 1.82) is 0 Å². The number of nitrogens with one attached hydrogen (secondary N) is 1. The number of nitrogens with zero attached hydrogens (tertiary/aromatic N) is 1. The SMILES string of the molecule is CCOc1cc2c(cc1NC(=O)/C=C/c1csc(-c3ccc(F)cc3)n1)OC(C)C2. The molecule has 154 valence electrons. The van der Waals surface area contributed by atoms with Crippen molar-refractivity contribution in [2.75, 3.05) is 11.9 Å². The van der Waals surface area contributed by atoms with Gasteiger partial charge >= 0.3 is 0 Å². The number of hydrogen-bond acceptors (Lipinski definition) is 5. The number of carbonyl (C=O) groups is 1. The summed E-state index contributed by atoms with van der Waals surface area (Å²) >= 11 is 1.43. The largest absolute Gasteiger partial charge is 0.492 e. The lowest BCUT2D eigenvalue weighted by molar-refractivity contribution is -0.111. The fourth-order valence-corrected chi connectivity index (χ4v) is 4.03. The van der Waals surface area contributed by atoms with Crippen LogP contribution in [0.2, 0.25) is 0 Å². The molecular formula is C23H21FN2O3S. The van der Waals surface area contributed by atoms with Crippen LogP contribution in [0.1, 0.15) is 25.1 Å². The molecule has 0 radical (unpaired) electrons. The predicted octanol–water partition coefficient (Wildman–Crippen LogP) is 5.32. The van der Waals surface area contributed by atoms with Gasteiger partial charge < -0.3 is 14.8 Å². The Bertz CT molecular complexity index is 1090. The highest BCUT2D eigenvalue weighted by Gasteiger charge is 2.22. The number of thiazole rings is 1. The number of aromatic nitrogens is 1. The van der Waals surface area contributed by atoms with Crippen LogP contribution in [0, 0.1) is 5.82 Å². The molecule has 1 N–H and O–H groups in total. The highest BCUT2D eigenvalue weighted by Crippen LogP contribution is 2.38. The molecule has 1 aromatic heterocycles. The predicted molar refractivity (Wildman–Crippen MR) is 117 cm³/mol. The molecule has 1 aliphatic heterocycles. The fourth-order valence-electron chi connectivity index (χ4n) is 3.24. The molecule has 30 heavy (non-hydrogen) atoms. The zero-order valence-corrected chi connectivity index (χ0v) is 17.5. The van der Waals surface area contributed by atoms with Crippen molar-refractivity contribution in [3.8, 4) is 22.1 Å². The van der Waals surface area contributed by atoms with Crippen LogP contribution in [0.3, 0.4) is 0 Å². The minimum atomic E-state index is -0.293. The van der Waals surface area contributed by atoms with Crippen LogP contribution in [0.25, 0.3) is 16.6 Å². The van der Waals surface area contributed by atoms with Gasteiger partial charge in [-0.05, 0) is 50.3 Å². The maximum atomic E-state index is 13.1. The smallest absolute Gasteiger partial charge is 0.248 e. The van der Waals surface area contributed by atoms with Crippen molar-refractivity contribution >= 4 is 29.0 Å². The number of carbonyl (C=O) groups excluding carboxylic acids is 1. The standard InChI is InChI=1S/C23H21FN2O3S/c1-3-28-21-11-16-10-14(2)29-20(16)12-19(21)26-22(27)9-8-18-13-30-23(25-18)15-4-6-17(24)7-5-15/h4-9,11-14H,3,10H2,1-2H3,(H,26,27)/b9-8+. The Morgan fingerprint density at radius 3 is 2.93 bits per heavy atom. The molecular weight excluding hydrogens is 403 g/mol. The highest BCUT2D eigenvalue weighted by atomic mass is 32.1. The molecule has 4 rings (SSSR count). The Balaban J connectivity index is 1.47. The van der Waals surface area contributed by atoms with Gasteiger partial charge in [-0.1, -0.05) is 0 Å². The van der Waals surface area contributed by atoms with E-state index in [9.17, 15) is 9.18 Å². The number of hydrogen-bond donors (Lipinski definition) is 1. The fraction of sp³-hybridized carbons (Fsp3) is 0.217. The van der Waals surface area contributed by atoms with Crippen LogP contribution < -0.4 is 14.8 Å². The lowest BCUT2D eigenvalue weighted by atomic mass is 10.1. The van der Waals surface area contributed by atoms with Gasteiger partial charge in [0.05, 0.1) is 18.0 Å². The molecule has 2 aromatic carbocycles. The lowest BCUT2D eigenvalue weighted by Crippen LogP contribution is -2.10. The zero-order chi connectivity index (χ0) is 21.1. The van der Waals surface area contributed by atoms with E-state index >= 15 is 0 Å². The summed E-state index contributed by atoms with van der Waals surface area (Å²) in [4.78, 5) is 16.9. The first kappa shape index (κ1) is 20.1. The summed E-state index contributed by atoms with van der Waals surface area (Å²) in [7, 11) is 0. The van der Waals surface area contributed by atoms with Crippen LogP contribution in [-0.4, -0.2) is 23.6 Å². The molecule has 2 heterocycles. The van der Waals surface area contributed by atoms with E-state index in [-0.39, 0.29) is 17.8 Å². The van der Waals surface area contributed by atoms with Gasteiger partial charge in [-0.2, -0.15) is 0 Å². The molecule has 5 nitrogen and oxygen atoms in total. The maximum Gasteiger partial charge on any atom is 0.248 e. The monoisotopic (exact) mass is 424 g/mol. The number of fused-ring (bicyclic) bond motifs is 1. The van der Waals surface area contributed by atoms with Gasteiger partial charge in [0.2, 0.25) is 5.91 Å². The first-order valence-electron chi connectivity index (χ1n) is 9.68. The van der Waals surface area contributed by atoms with Crippen LogP contribution in [-0.2, 0) is 11.2 Å². The third-order valence-corrected chi connectivity index (χ3v) is 5.48. The van der Waals surface area contributed by atoms with Crippen molar-refractivity contribution in [3.63, 3.8) is 0 Å². The van der Waals surface area contributed by atoms with E-state index in [1.54, 1.807) is 18.2 Å². The van der Waals surface area contributed by atoms with Crippen molar-refractivity contribution < 1.29 is 18.7 Å². The Labute approximate surface area is 178 Å². The topological polar surface area (TPSA) is 60.5 Å². The zero-order valence-electron chi connectivity index (χ0n) is 16.6. The van der Waals surface area contributed by atoms with E-state index < -0.39 is 0 Å². The molecule has 1 atom stereocenters. The van der Waals surface area contributed by atoms with Gasteiger partial charge in [0.15, 0.2) is 0 Å². The second kappa shape index (κ2) is 8.67.